The number of benzene rings is 2. The number of hydrogen-bond donors (Lipinski definition) is 2. The van der Waals surface area contributed by atoms with E-state index in [1.54, 1.807) is 6.07 Å². The Balaban J connectivity index is 2.15. The number of halogens is 2. The van der Waals surface area contributed by atoms with E-state index in [1.807, 2.05) is 37.3 Å². The van der Waals surface area contributed by atoms with Crippen molar-refractivity contribution in [3.63, 3.8) is 0 Å². The molecule has 0 unspecified atom stereocenters. The van der Waals surface area contributed by atoms with Crippen molar-refractivity contribution >= 4 is 34.6 Å². The molecule has 0 aliphatic heterocycles. The molecule has 0 aromatic heterocycles. The Bertz CT molecular complexity index is 568. The summed E-state index contributed by atoms with van der Waals surface area (Å²) in [4.78, 5) is 0. The topological polar surface area (TPSA) is 38.0 Å². The first-order chi connectivity index (χ1) is 8.56. The first kappa shape index (κ1) is 13.1. The normalized spacial score (nSPS) is 10.4. The first-order valence-corrected chi connectivity index (χ1v) is 6.36. The van der Waals surface area contributed by atoms with Gasteiger partial charge in [0.05, 0.1) is 0 Å². The van der Waals surface area contributed by atoms with Crippen LogP contribution in [0.25, 0.3) is 0 Å². The standard InChI is InChI=1S/C14H14Cl2N2/c1-9-13(17)6-12(16)7-14(9)18-8-10-3-2-4-11(15)5-10/h2-7,18H,8,17H2,1H3. The molecule has 0 saturated heterocycles. The van der Waals surface area contributed by atoms with Crippen LogP contribution >= 0.6 is 23.2 Å². The molecule has 0 aliphatic rings. The lowest BCUT2D eigenvalue weighted by Gasteiger charge is -2.12. The molecule has 0 radical (unpaired) electrons. The fraction of sp³-hybridized carbons (Fsp3) is 0.143. The van der Waals surface area contributed by atoms with Crippen molar-refractivity contribution < 1.29 is 0 Å². The molecule has 0 fully saturated rings. The highest BCUT2D eigenvalue weighted by Crippen LogP contribution is 2.27. The predicted octanol–water partition coefficient (Wildman–Crippen LogP) is 4.50. The van der Waals surface area contributed by atoms with Crippen molar-refractivity contribution in [2.24, 2.45) is 0 Å². The zero-order chi connectivity index (χ0) is 13.1. The van der Waals surface area contributed by atoms with Gasteiger partial charge in [-0.2, -0.15) is 0 Å². The van der Waals surface area contributed by atoms with Crippen molar-refractivity contribution in [2.75, 3.05) is 11.1 Å². The number of nitrogens with one attached hydrogen (secondary N) is 1. The van der Waals surface area contributed by atoms with E-state index in [0.717, 1.165) is 21.8 Å². The number of nitrogen functional groups attached to an aromatic ring is 1. The van der Waals surface area contributed by atoms with Gasteiger partial charge in [-0.25, -0.2) is 0 Å². The molecule has 0 spiro atoms. The summed E-state index contributed by atoms with van der Waals surface area (Å²) in [6.07, 6.45) is 0. The molecule has 94 valence electrons. The minimum Gasteiger partial charge on any atom is -0.398 e. The van der Waals surface area contributed by atoms with Crippen LogP contribution in [0.5, 0.6) is 0 Å². The third-order valence-corrected chi connectivity index (χ3v) is 3.24. The van der Waals surface area contributed by atoms with Gasteiger partial charge < -0.3 is 11.1 Å². The largest absolute Gasteiger partial charge is 0.398 e. The maximum atomic E-state index is 5.99. The average Bonchev–Trinajstić information content (AvgIpc) is 2.32. The van der Waals surface area contributed by atoms with Crippen LogP contribution in [-0.4, -0.2) is 0 Å². The third kappa shape index (κ3) is 3.09. The summed E-state index contributed by atoms with van der Waals surface area (Å²) in [5.74, 6) is 0. The number of rotatable bonds is 3. The van der Waals surface area contributed by atoms with E-state index in [2.05, 4.69) is 5.32 Å². The summed E-state index contributed by atoms with van der Waals surface area (Å²) in [6.45, 7) is 2.65. The SMILES string of the molecule is Cc1c(N)cc(Cl)cc1NCc1cccc(Cl)c1. The summed E-state index contributed by atoms with van der Waals surface area (Å²) in [5, 5.41) is 4.68. The second-order valence-electron chi connectivity index (χ2n) is 4.15. The van der Waals surface area contributed by atoms with Crippen molar-refractivity contribution in [2.45, 2.75) is 13.5 Å². The molecule has 3 N–H and O–H groups in total. The van der Waals surface area contributed by atoms with E-state index in [1.165, 1.54) is 0 Å². The Morgan fingerprint density at radius 2 is 1.89 bits per heavy atom. The van der Waals surface area contributed by atoms with Crippen molar-refractivity contribution in [3.8, 4) is 0 Å². The highest BCUT2D eigenvalue weighted by molar-refractivity contribution is 6.31. The maximum absolute atomic E-state index is 5.99. The van der Waals surface area contributed by atoms with Gasteiger partial charge in [-0.05, 0) is 42.3 Å². The number of hydrogen-bond acceptors (Lipinski definition) is 2. The van der Waals surface area contributed by atoms with Gasteiger partial charge in [0.25, 0.3) is 0 Å². The Hall–Kier alpha value is -1.38. The Morgan fingerprint density at radius 1 is 1.11 bits per heavy atom. The van der Waals surface area contributed by atoms with Gasteiger partial charge in [0.2, 0.25) is 0 Å². The summed E-state index contributed by atoms with van der Waals surface area (Å²) in [7, 11) is 0. The van der Waals surface area contributed by atoms with Crippen LogP contribution in [0.3, 0.4) is 0 Å². The summed E-state index contributed by atoms with van der Waals surface area (Å²) >= 11 is 11.9. The van der Waals surface area contributed by atoms with Gasteiger partial charge in [-0.15, -0.1) is 0 Å². The molecule has 2 nitrogen and oxygen atoms in total. The second kappa shape index (κ2) is 5.51. The summed E-state index contributed by atoms with van der Waals surface area (Å²) in [5.41, 5.74) is 9.62. The molecule has 0 heterocycles. The van der Waals surface area contributed by atoms with E-state index in [9.17, 15) is 0 Å². The van der Waals surface area contributed by atoms with Crippen LogP contribution in [0, 0.1) is 6.92 Å². The fourth-order valence-corrected chi connectivity index (χ4v) is 2.17. The minimum absolute atomic E-state index is 0.631. The Kier molecular flexibility index (Phi) is 4.00. The highest BCUT2D eigenvalue weighted by Gasteiger charge is 2.04. The van der Waals surface area contributed by atoms with E-state index in [4.69, 9.17) is 28.9 Å². The highest BCUT2D eigenvalue weighted by atomic mass is 35.5. The zero-order valence-corrected chi connectivity index (χ0v) is 11.5. The molecule has 2 aromatic carbocycles. The molecule has 2 aromatic rings. The van der Waals surface area contributed by atoms with Gasteiger partial charge in [0.15, 0.2) is 0 Å². The number of anilines is 2. The van der Waals surface area contributed by atoms with Crippen molar-refractivity contribution in [1.29, 1.82) is 0 Å². The molecule has 2 rings (SSSR count). The maximum Gasteiger partial charge on any atom is 0.0447 e. The van der Waals surface area contributed by atoms with Crippen LogP contribution in [0.1, 0.15) is 11.1 Å². The third-order valence-electron chi connectivity index (χ3n) is 2.78. The average molecular weight is 281 g/mol. The molecule has 0 amide bonds. The van der Waals surface area contributed by atoms with Crippen LogP contribution in [0.2, 0.25) is 10.0 Å². The van der Waals surface area contributed by atoms with Crippen LogP contribution in [0.4, 0.5) is 11.4 Å². The van der Waals surface area contributed by atoms with Gasteiger partial charge in [-0.1, -0.05) is 35.3 Å². The van der Waals surface area contributed by atoms with Crippen LogP contribution in [0.15, 0.2) is 36.4 Å². The first-order valence-electron chi connectivity index (χ1n) is 5.60. The molecule has 0 bridgehead atoms. The predicted molar refractivity (Wildman–Crippen MR) is 79.4 cm³/mol. The fourth-order valence-electron chi connectivity index (χ4n) is 1.73. The lowest BCUT2D eigenvalue weighted by atomic mass is 10.1. The molecule has 0 atom stereocenters. The van der Waals surface area contributed by atoms with Gasteiger partial charge in [-0.3, -0.25) is 0 Å². The van der Waals surface area contributed by atoms with E-state index >= 15 is 0 Å². The van der Waals surface area contributed by atoms with Crippen molar-refractivity contribution in [1.82, 2.24) is 0 Å². The molecule has 4 heteroatoms. The summed E-state index contributed by atoms with van der Waals surface area (Å²) in [6, 6.07) is 11.4. The lowest BCUT2D eigenvalue weighted by Crippen LogP contribution is -2.02. The molecule has 0 aliphatic carbocycles. The van der Waals surface area contributed by atoms with E-state index in [0.29, 0.717) is 17.3 Å². The van der Waals surface area contributed by atoms with Gasteiger partial charge in [0, 0.05) is 28.0 Å². The number of nitrogens with two attached hydrogens (primary N) is 1. The minimum atomic E-state index is 0.631. The lowest BCUT2D eigenvalue weighted by molar-refractivity contribution is 1.14. The zero-order valence-electron chi connectivity index (χ0n) is 10.0. The molecule has 0 saturated carbocycles. The summed E-state index contributed by atoms with van der Waals surface area (Å²) < 4.78 is 0. The monoisotopic (exact) mass is 280 g/mol. The quantitative estimate of drug-likeness (QED) is 0.813. The van der Waals surface area contributed by atoms with Crippen LogP contribution in [-0.2, 0) is 6.54 Å². The Labute approximate surface area is 117 Å². The van der Waals surface area contributed by atoms with E-state index < -0.39 is 0 Å². The molecular weight excluding hydrogens is 267 g/mol. The van der Waals surface area contributed by atoms with Gasteiger partial charge >= 0.3 is 0 Å². The molecule has 18 heavy (non-hydrogen) atoms. The van der Waals surface area contributed by atoms with Crippen LogP contribution < -0.4 is 11.1 Å². The van der Waals surface area contributed by atoms with Crippen molar-refractivity contribution in [3.05, 3.63) is 57.6 Å². The Morgan fingerprint density at radius 3 is 2.61 bits per heavy atom. The van der Waals surface area contributed by atoms with Gasteiger partial charge in [0.1, 0.15) is 0 Å². The second-order valence-corrected chi connectivity index (χ2v) is 5.02. The molecular formula is C14H14Cl2N2. The smallest absolute Gasteiger partial charge is 0.0447 e. The van der Waals surface area contributed by atoms with E-state index in [-0.39, 0.29) is 0 Å².